The highest BCUT2D eigenvalue weighted by Gasteiger charge is 2.48. The SMILES string of the molecule is CC(C)(C)c1ccc(N2c3cc(-c4ccccc4)cc4c3B(c3ccc5cc3N4c3ccccc3Oc3cccc4c3N5c3ccccc3C4(C)C)c3sc4c(sc5ccccc54)c32)c(-c2ccccc2)c1. The van der Waals surface area contributed by atoms with E-state index in [4.69, 9.17) is 4.74 Å². The number of hydrogen-bond acceptors (Lipinski definition) is 6. The Bertz CT molecular complexity index is 4070. The molecule has 0 N–H and O–H groups in total. The van der Waals surface area contributed by atoms with Crippen LogP contribution < -0.4 is 35.1 Å². The van der Waals surface area contributed by atoms with E-state index in [-0.39, 0.29) is 17.5 Å². The molecule has 72 heavy (non-hydrogen) atoms. The zero-order valence-corrected chi connectivity index (χ0v) is 42.3. The summed E-state index contributed by atoms with van der Waals surface area (Å²) >= 11 is 3.92. The maximum Gasteiger partial charge on any atom is 0.264 e. The van der Waals surface area contributed by atoms with Gasteiger partial charge in [-0.1, -0.05) is 168 Å². The molecule has 2 aromatic heterocycles. The van der Waals surface area contributed by atoms with Crippen LogP contribution in [-0.2, 0) is 10.8 Å². The maximum absolute atomic E-state index is 7.41. The monoisotopic (exact) mass is 961 g/mol. The molecule has 0 saturated heterocycles. The van der Waals surface area contributed by atoms with Crippen LogP contribution in [0.15, 0.2) is 200 Å². The van der Waals surface area contributed by atoms with Crippen molar-refractivity contribution in [1.82, 2.24) is 0 Å². The Morgan fingerprint density at radius 1 is 0.472 bits per heavy atom. The number of para-hydroxylation sites is 4. The molecule has 9 aromatic carbocycles. The molecule has 6 heterocycles. The van der Waals surface area contributed by atoms with Gasteiger partial charge in [-0.15, -0.1) is 22.7 Å². The molecule has 2 bridgehead atoms. The highest BCUT2D eigenvalue weighted by atomic mass is 32.1. The van der Waals surface area contributed by atoms with Gasteiger partial charge in [0, 0.05) is 48.6 Å². The summed E-state index contributed by atoms with van der Waals surface area (Å²) < 4.78 is 12.8. The smallest absolute Gasteiger partial charge is 0.264 e. The number of anilines is 9. The van der Waals surface area contributed by atoms with Gasteiger partial charge < -0.3 is 19.4 Å². The third-order valence-electron chi connectivity index (χ3n) is 15.8. The first-order valence-corrected chi connectivity index (χ1v) is 26.7. The van der Waals surface area contributed by atoms with E-state index in [1.165, 1.54) is 91.3 Å². The zero-order valence-electron chi connectivity index (χ0n) is 40.7. The van der Waals surface area contributed by atoms with Gasteiger partial charge in [0.2, 0.25) is 0 Å². The van der Waals surface area contributed by atoms with E-state index < -0.39 is 0 Å². The van der Waals surface area contributed by atoms with Gasteiger partial charge >= 0.3 is 0 Å². The molecule has 0 radical (unpaired) electrons. The number of hydrogen-bond donors (Lipinski definition) is 0. The van der Waals surface area contributed by atoms with Crippen LogP contribution in [0.4, 0.5) is 51.2 Å². The number of nitrogens with zero attached hydrogens (tertiary/aromatic N) is 3. The fourth-order valence-corrected chi connectivity index (χ4v) is 15.2. The number of benzene rings is 9. The Balaban J connectivity index is 1.09. The van der Waals surface area contributed by atoms with Crippen LogP contribution in [0, 0.1) is 0 Å². The third-order valence-corrected chi connectivity index (χ3v) is 18.3. The van der Waals surface area contributed by atoms with E-state index in [1.54, 1.807) is 0 Å². The lowest BCUT2D eigenvalue weighted by molar-refractivity contribution is 0.481. The minimum absolute atomic E-state index is 0.0522. The second-order valence-corrected chi connectivity index (χ2v) is 23.4. The molecular formula is C65H48BN3OS2. The Morgan fingerprint density at radius 2 is 1.15 bits per heavy atom. The number of rotatable bonds is 3. The van der Waals surface area contributed by atoms with Crippen LogP contribution in [0.25, 0.3) is 41.7 Å². The van der Waals surface area contributed by atoms with E-state index in [9.17, 15) is 0 Å². The molecule has 0 unspecified atom stereocenters. The first-order chi connectivity index (χ1) is 35.1. The van der Waals surface area contributed by atoms with Crippen LogP contribution in [0.1, 0.15) is 51.3 Å². The molecule has 0 atom stereocenters. The average Bonchev–Trinajstić information content (AvgIpc) is 3.96. The number of ether oxygens (including phenoxy) is 1. The standard InChI is InChI=1S/C65H48BN3OS2/c1-64(2,3)42-31-34-49(45(37-42)40-21-10-7-11-22-40)69-54-36-41(39-19-8-6-9-20-39)35-53-58(54)66(63-60(69)62-61(72-63)44-23-12-17-30-57(44)71-62)48-33-32-43-38-52(48)68(53)51-27-15-16-28-55(51)70-56-29-18-25-47-59(56)67(43)50-26-14-13-24-46(50)65(47,4)5/h6-38H,1-5H3. The van der Waals surface area contributed by atoms with Crippen molar-refractivity contribution >= 4 is 116 Å². The highest BCUT2D eigenvalue weighted by Crippen LogP contribution is 2.59. The Morgan fingerprint density at radius 3 is 1.96 bits per heavy atom. The van der Waals surface area contributed by atoms with E-state index in [0.717, 1.165) is 45.5 Å². The van der Waals surface area contributed by atoms with E-state index in [2.05, 4.69) is 250 Å². The Hall–Kier alpha value is -7.84. The van der Waals surface area contributed by atoms with Crippen molar-refractivity contribution in [3.63, 3.8) is 0 Å². The molecule has 4 nitrogen and oxygen atoms in total. The summed E-state index contributed by atoms with van der Waals surface area (Å²) in [7, 11) is 0. The molecule has 0 amide bonds. The highest BCUT2D eigenvalue weighted by molar-refractivity contribution is 7.40. The molecule has 11 aromatic rings. The minimum Gasteiger partial charge on any atom is -0.453 e. The fourth-order valence-electron chi connectivity index (χ4n) is 12.3. The summed E-state index contributed by atoms with van der Waals surface area (Å²) in [5, 5.41) is 1.32. The van der Waals surface area contributed by atoms with Crippen LogP contribution in [0.5, 0.6) is 11.5 Å². The van der Waals surface area contributed by atoms with Crippen molar-refractivity contribution in [3.8, 4) is 33.8 Å². The summed E-state index contributed by atoms with van der Waals surface area (Å²) in [6.07, 6.45) is 0. The Labute approximate surface area is 428 Å². The molecule has 0 fully saturated rings. The second kappa shape index (κ2) is 15.1. The van der Waals surface area contributed by atoms with Gasteiger partial charge in [-0.25, -0.2) is 0 Å². The molecule has 7 heteroatoms. The van der Waals surface area contributed by atoms with Crippen molar-refractivity contribution in [2.75, 3.05) is 14.7 Å². The topological polar surface area (TPSA) is 19.0 Å². The summed E-state index contributed by atoms with van der Waals surface area (Å²) in [4.78, 5) is 7.65. The maximum atomic E-state index is 7.41. The van der Waals surface area contributed by atoms with E-state index in [0.29, 0.717) is 0 Å². The lowest BCUT2D eigenvalue weighted by Crippen LogP contribution is -2.60. The second-order valence-electron chi connectivity index (χ2n) is 21.3. The largest absolute Gasteiger partial charge is 0.453 e. The first-order valence-electron chi connectivity index (χ1n) is 25.0. The predicted octanol–water partition coefficient (Wildman–Crippen LogP) is 17.0. The summed E-state index contributed by atoms with van der Waals surface area (Å²) in [5.74, 6) is 1.64. The lowest BCUT2D eigenvalue weighted by Gasteiger charge is -2.46. The third kappa shape index (κ3) is 5.86. The summed E-state index contributed by atoms with van der Waals surface area (Å²) in [6.45, 7) is 11.6. The van der Waals surface area contributed by atoms with Crippen LogP contribution in [0.3, 0.4) is 0 Å². The van der Waals surface area contributed by atoms with Crippen LogP contribution >= 0.6 is 22.7 Å². The molecule has 15 rings (SSSR count). The van der Waals surface area contributed by atoms with Gasteiger partial charge in [-0.3, -0.25) is 0 Å². The van der Waals surface area contributed by atoms with Crippen molar-refractivity contribution in [1.29, 1.82) is 0 Å². The molecule has 0 saturated carbocycles. The quantitative estimate of drug-likeness (QED) is 0.164. The molecular weight excluding hydrogens is 914 g/mol. The molecule has 0 spiro atoms. The summed E-state index contributed by atoms with van der Waals surface area (Å²) in [6, 6.07) is 74.7. The van der Waals surface area contributed by atoms with Crippen molar-refractivity contribution in [3.05, 3.63) is 217 Å². The van der Waals surface area contributed by atoms with Crippen LogP contribution in [-0.4, -0.2) is 6.71 Å². The Kier molecular flexibility index (Phi) is 8.78. The number of fused-ring (bicyclic) bond motifs is 14. The van der Waals surface area contributed by atoms with Gasteiger partial charge in [-0.05, 0) is 116 Å². The van der Waals surface area contributed by atoms with Gasteiger partial charge in [0.15, 0.2) is 11.5 Å². The van der Waals surface area contributed by atoms with Gasteiger partial charge in [-0.2, -0.15) is 0 Å². The van der Waals surface area contributed by atoms with Crippen molar-refractivity contribution in [2.45, 2.75) is 45.4 Å². The fraction of sp³-hybridized carbons (Fsp3) is 0.108. The van der Waals surface area contributed by atoms with Gasteiger partial charge in [0.25, 0.3) is 6.71 Å². The normalized spacial score (nSPS) is 14.6. The average molecular weight is 962 g/mol. The molecule has 4 aliphatic heterocycles. The van der Waals surface area contributed by atoms with Crippen LogP contribution in [0.2, 0.25) is 0 Å². The summed E-state index contributed by atoms with van der Waals surface area (Å²) in [5.41, 5.74) is 21.1. The predicted molar refractivity (Wildman–Crippen MR) is 308 cm³/mol. The molecule has 344 valence electrons. The van der Waals surface area contributed by atoms with Crippen molar-refractivity contribution < 1.29 is 4.74 Å². The van der Waals surface area contributed by atoms with Gasteiger partial charge in [0.05, 0.1) is 37.8 Å². The lowest BCUT2D eigenvalue weighted by atomic mass is 9.36. The van der Waals surface area contributed by atoms with Gasteiger partial charge in [0.1, 0.15) is 0 Å². The number of thiophene rings is 2. The molecule has 4 aliphatic rings. The zero-order chi connectivity index (χ0) is 48.2. The van der Waals surface area contributed by atoms with Crippen molar-refractivity contribution in [2.24, 2.45) is 0 Å². The van der Waals surface area contributed by atoms with E-state index in [1.807, 2.05) is 22.7 Å². The minimum atomic E-state index is -0.261. The van der Waals surface area contributed by atoms with E-state index >= 15 is 0 Å². The molecule has 0 aliphatic carbocycles. The first kappa shape index (κ1) is 41.9.